The number of hydrogen-bond donors (Lipinski definition) is 3. The number of nitrogens with one attached hydrogen (secondary N) is 3. The van der Waals surface area contributed by atoms with Crippen molar-refractivity contribution in [2.75, 3.05) is 5.32 Å². The van der Waals surface area contributed by atoms with Gasteiger partial charge in [0.1, 0.15) is 0 Å². The lowest BCUT2D eigenvalue weighted by Gasteiger charge is -2.10. The molecule has 2 rings (SSSR count). The van der Waals surface area contributed by atoms with Crippen LogP contribution in [0.15, 0.2) is 30.5 Å². The lowest BCUT2D eigenvalue weighted by atomic mass is 10.3. The van der Waals surface area contributed by atoms with Crippen molar-refractivity contribution in [3.63, 3.8) is 0 Å². The van der Waals surface area contributed by atoms with Gasteiger partial charge in [-0.25, -0.2) is 0 Å². The molecule has 0 aliphatic carbocycles. The fourth-order valence-corrected chi connectivity index (χ4v) is 1.80. The van der Waals surface area contributed by atoms with Crippen LogP contribution in [-0.2, 0) is 6.54 Å². The number of halogens is 2. The van der Waals surface area contributed by atoms with Crippen molar-refractivity contribution in [3.8, 4) is 0 Å². The van der Waals surface area contributed by atoms with Crippen molar-refractivity contribution in [2.24, 2.45) is 0 Å². The molecular weight excluding hydrogens is 291 g/mol. The number of nitrogens with zero attached hydrogens (tertiary/aromatic N) is 1. The minimum atomic E-state index is 0.484. The molecule has 94 valence electrons. The molecule has 1 aromatic heterocycles. The highest BCUT2D eigenvalue weighted by Gasteiger charge is 2.02. The first-order valence-corrected chi connectivity index (χ1v) is 6.30. The Hall–Kier alpha value is -1.30. The minimum absolute atomic E-state index is 0.484. The second-order valence-corrected chi connectivity index (χ2v) is 4.74. The number of benzene rings is 1. The van der Waals surface area contributed by atoms with E-state index in [4.69, 9.17) is 35.4 Å². The van der Waals surface area contributed by atoms with Crippen LogP contribution in [0.5, 0.6) is 0 Å². The third-order valence-corrected chi connectivity index (χ3v) is 3.16. The maximum absolute atomic E-state index is 5.91. The second-order valence-electron chi connectivity index (χ2n) is 3.52. The zero-order valence-electron chi connectivity index (χ0n) is 9.21. The molecule has 0 aliphatic heterocycles. The predicted molar refractivity (Wildman–Crippen MR) is 78.1 cm³/mol. The molecule has 3 N–H and O–H groups in total. The second kappa shape index (κ2) is 6.04. The van der Waals surface area contributed by atoms with Crippen LogP contribution >= 0.6 is 35.4 Å². The monoisotopic (exact) mass is 300 g/mol. The maximum atomic E-state index is 5.91. The fourth-order valence-electron chi connectivity index (χ4n) is 1.31. The molecule has 0 amide bonds. The first-order chi connectivity index (χ1) is 8.65. The number of aromatic amines is 1. The Bertz CT molecular complexity index is 542. The summed E-state index contributed by atoms with van der Waals surface area (Å²) in [5.41, 5.74) is 1.74. The van der Waals surface area contributed by atoms with E-state index < -0.39 is 0 Å². The molecule has 0 atom stereocenters. The van der Waals surface area contributed by atoms with Crippen LogP contribution in [0.4, 0.5) is 5.69 Å². The molecule has 0 saturated carbocycles. The molecule has 4 nitrogen and oxygen atoms in total. The van der Waals surface area contributed by atoms with Gasteiger partial charge in [-0.3, -0.25) is 5.10 Å². The molecule has 1 heterocycles. The average Bonchev–Trinajstić information content (AvgIpc) is 2.84. The van der Waals surface area contributed by atoms with Gasteiger partial charge in [0, 0.05) is 11.9 Å². The molecule has 0 saturated heterocycles. The normalized spacial score (nSPS) is 10.1. The molecular formula is C11H10Cl2N4S. The van der Waals surface area contributed by atoms with Crippen molar-refractivity contribution in [1.29, 1.82) is 0 Å². The van der Waals surface area contributed by atoms with Crippen LogP contribution in [0.2, 0.25) is 10.0 Å². The van der Waals surface area contributed by atoms with Gasteiger partial charge in [0.05, 0.1) is 22.3 Å². The number of rotatable bonds is 3. The highest BCUT2D eigenvalue weighted by molar-refractivity contribution is 7.80. The van der Waals surface area contributed by atoms with Crippen molar-refractivity contribution in [3.05, 3.63) is 46.2 Å². The van der Waals surface area contributed by atoms with Gasteiger partial charge in [-0.1, -0.05) is 23.2 Å². The Morgan fingerprint density at radius 2 is 2.11 bits per heavy atom. The lowest BCUT2D eigenvalue weighted by Crippen LogP contribution is -2.28. The van der Waals surface area contributed by atoms with Gasteiger partial charge in [-0.15, -0.1) is 0 Å². The van der Waals surface area contributed by atoms with Gasteiger partial charge in [-0.2, -0.15) is 5.10 Å². The summed E-state index contributed by atoms with van der Waals surface area (Å²) in [7, 11) is 0. The molecule has 0 radical (unpaired) electrons. The van der Waals surface area contributed by atoms with E-state index >= 15 is 0 Å². The van der Waals surface area contributed by atoms with E-state index in [1.165, 1.54) is 0 Å². The fraction of sp³-hybridized carbons (Fsp3) is 0.0909. The standard InChI is InChI=1S/C11H10Cl2N4S/c12-9-2-1-7(5-10(9)13)16-11(18)14-6-8-3-4-15-17-8/h1-5H,6H2,(H,15,17)(H2,14,16,18). The Morgan fingerprint density at radius 1 is 1.28 bits per heavy atom. The molecule has 0 aliphatic rings. The first-order valence-electron chi connectivity index (χ1n) is 5.13. The summed E-state index contributed by atoms with van der Waals surface area (Å²) >= 11 is 16.9. The Kier molecular flexibility index (Phi) is 4.41. The summed E-state index contributed by atoms with van der Waals surface area (Å²) in [4.78, 5) is 0. The van der Waals surface area contributed by atoms with Gasteiger partial charge in [0.15, 0.2) is 5.11 Å². The molecule has 0 spiro atoms. The topological polar surface area (TPSA) is 52.7 Å². The van der Waals surface area contributed by atoms with E-state index in [9.17, 15) is 0 Å². The minimum Gasteiger partial charge on any atom is -0.357 e. The number of hydrogen-bond acceptors (Lipinski definition) is 2. The van der Waals surface area contributed by atoms with E-state index in [0.29, 0.717) is 21.7 Å². The summed E-state index contributed by atoms with van der Waals surface area (Å²) < 4.78 is 0. The lowest BCUT2D eigenvalue weighted by molar-refractivity contribution is 0.865. The van der Waals surface area contributed by atoms with Gasteiger partial charge in [0.2, 0.25) is 0 Å². The molecule has 0 bridgehead atoms. The van der Waals surface area contributed by atoms with E-state index in [1.54, 1.807) is 24.4 Å². The van der Waals surface area contributed by atoms with Crippen LogP contribution in [0.3, 0.4) is 0 Å². The largest absolute Gasteiger partial charge is 0.357 e. The summed E-state index contributed by atoms with van der Waals surface area (Å²) in [6.07, 6.45) is 1.69. The number of thiocarbonyl (C=S) groups is 1. The molecule has 1 aromatic carbocycles. The summed E-state index contributed by atoms with van der Waals surface area (Å²) in [6, 6.07) is 7.10. The summed E-state index contributed by atoms with van der Waals surface area (Å²) in [5.74, 6) is 0. The number of aromatic nitrogens is 2. The van der Waals surface area contributed by atoms with E-state index in [2.05, 4.69) is 20.8 Å². The average molecular weight is 301 g/mol. The SMILES string of the molecule is S=C(NCc1ccn[nH]1)Nc1ccc(Cl)c(Cl)c1. The molecule has 18 heavy (non-hydrogen) atoms. The quantitative estimate of drug-likeness (QED) is 0.762. The third-order valence-electron chi connectivity index (χ3n) is 2.18. The van der Waals surface area contributed by atoms with Crippen LogP contribution in [0, 0.1) is 0 Å². The first kappa shape index (κ1) is 13.1. The highest BCUT2D eigenvalue weighted by Crippen LogP contribution is 2.24. The zero-order valence-corrected chi connectivity index (χ0v) is 11.5. The Balaban J connectivity index is 1.88. The predicted octanol–water partition coefficient (Wildman–Crippen LogP) is 3.20. The van der Waals surface area contributed by atoms with Crippen LogP contribution < -0.4 is 10.6 Å². The van der Waals surface area contributed by atoms with Gasteiger partial charge >= 0.3 is 0 Å². The van der Waals surface area contributed by atoms with Crippen molar-refractivity contribution < 1.29 is 0 Å². The molecule has 0 unspecified atom stereocenters. The van der Waals surface area contributed by atoms with Crippen molar-refractivity contribution >= 4 is 46.2 Å². The van der Waals surface area contributed by atoms with Crippen LogP contribution in [-0.4, -0.2) is 15.3 Å². The van der Waals surface area contributed by atoms with Gasteiger partial charge in [-0.05, 0) is 36.5 Å². The van der Waals surface area contributed by atoms with E-state index in [0.717, 1.165) is 11.4 Å². The molecule has 2 aromatic rings. The van der Waals surface area contributed by atoms with Crippen molar-refractivity contribution in [1.82, 2.24) is 15.5 Å². The van der Waals surface area contributed by atoms with Gasteiger partial charge in [0.25, 0.3) is 0 Å². The Labute approximate surface area is 120 Å². The smallest absolute Gasteiger partial charge is 0.171 e. The Morgan fingerprint density at radius 3 is 2.78 bits per heavy atom. The van der Waals surface area contributed by atoms with Crippen molar-refractivity contribution in [2.45, 2.75) is 6.54 Å². The van der Waals surface area contributed by atoms with E-state index in [-0.39, 0.29) is 0 Å². The number of H-pyrrole nitrogens is 1. The third kappa shape index (κ3) is 3.60. The maximum Gasteiger partial charge on any atom is 0.171 e. The summed E-state index contributed by atoms with van der Waals surface area (Å²) in [6.45, 7) is 0.577. The van der Waals surface area contributed by atoms with Crippen LogP contribution in [0.1, 0.15) is 5.69 Å². The summed E-state index contributed by atoms with van der Waals surface area (Å²) in [5, 5.41) is 14.2. The number of anilines is 1. The zero-order chi connectivity index (χ0) is 13.0. The van der Waals surface area contributed by atoms with Crippen LogP contribution in [0.25, 0.3) is 0 Å². The molecule has 7 heteroatoms. The van der Waals surface area contributed by atoms with Gasteiger partial charge < -0.3 is 10.6 Å². The van der Waals surface area contributed by atoms with E-state index in [1.807, 2.05) is 6.07 Å². The highest BCUT2D eigenvalue weighted by atomic mass is 35.5. The molecule has 0 fully saturated rings.